The zero-order valence-corrected chi connectivity index (χ0v) is 17.0. The smallest absolute Gasteiger partial charge is 0.251 e. The van der Waals surface area contributed by atoms with E-state index in [0.29, 0.717) is 5.75 Å². The number of ether oxygens (including phenoxy) is 1. The zero-order valence-electron chi connectivity index (χ0n) is 15.4. The number of amides is 2. The van der Waals surface area contributed by atoms with Gasteiger partial charge >= 0.3 is 0 Å². The number of carbonyl (C=O) groups is 2. The summed E-state index contributed by atoms with van der Waals surface area (Å²) in [6.45, 7) is 0. The van der Waals surface area contributed by atoms with Gasteiger partial charge in [0.15, 0.2) is 9.84 Å². The third-order valence-electron chi connectivity index (χ3n) is 4.05. The monoisotopic (exact) mass is 430 g/mol. The molecular weight excluding hydrogens is 412 g/mol. The summed E-state index contributed by atoms with van der Waals surface area (Å²) in [4.78, 5) is 24.9. The Hall–Kier alpha value is -3.17. The number of nitrogens with one attached hydrogen (secondary N) is 1. The molecule has 0 aliphatic rings. The van der Waals surface area contributed by atoms with Crippen molar-refractivity contribution < 1.29 is 22.7 Å². The number of hydrogen-bond donors (Lipinski definition) is 2. The molecule has 0 saturated heterocycles. The molecule has 0 aliphatic carbocycles. The maximum atomic E-state index is 12.5. The van der Waals surface area contributed by atoms with Gasteiger partial charge in [0.2, 0.25) is 5.91 Å². The van der Waals surface area contributed by atoms with Crippen molar-refractivity contribution in [1.29, 1.82) is 0 Å². The molecule has 0 radical (unpaired) electrons. The number of anilines is 1. The van der Waals surface area contributed by atoms with Crippen LogP contribution in [-0.2, 0) is 14.6 Å². The van der Waals surface area contributed by atoms with E-state index in [-0.39, 0.29) is 15.5 Å². The molecule has 9 heteroatoms. The van der Waals surface area contributed by atoms with Crippen molar-refractivity contribution in [1.82, 2.24) is 0 Å². The number of rotatable bonds is 7. The number of primary amides is 1. The van der Waals surface area contributed by atoms with Crippen LogP contribution in [0, 0.1) is 0 Å². The van der Waals surface area contributed by atoms with Gasteiger partial charge < -0.3 is 15.8 Å². The first kappa shape index (κ1) is 20.6. The maximum absolute atomic E-state index is 12.5. The van der Waals surface area contributed by atoms with Gasteiger partial charge in [-0.1, -0.05) is 30.3 Å². The van der Waals surface area contributed by atoms with Crippen molar-refractivity contribution >= 4 is 38.0 Å². The lowest BCUT2D eigenvalue weighted by Crippen LogP contribution is -2.24. The fourth-order valence-corrected chi connectivity index (χ4v) is 4.83. The van der Waals surface area contributed by atoms with Gasteiger partial charge in [0.25, 0.3) is 5.91 Å². The SMILES string of the molecule is COc1ccc(S(=O)(=O)CC(=O)Nc2sc(-c3ccccc3)cc2C(N)=O)cc1. The van der Waals surface area contributed by atoms with E-state index in [1.807, 2.05) is 30.3 Å². The Kier molecular flexibility index (Phi) is 6.00. The number of benzene rings is 2. The van der Waals surface area contributed by atoms with Gasteiger partial charge in [-0.05, 0) is 35.9 Å². The molecule has 0 unspecified atom stereocenters. The molecule has 3 aromatic rings. The first-order valence-electron chi connectivity index (χ1n) is 8.46. The highest BCUT2D eigenvalue weighted by Gasteiger charge is 2.22. The van der Waals surface area contributed by atoms with Crippen LogP contribution >= 0.6 is 11.3 Å². The lowest BCUT2D eigenvalue weighted by molar-refractivity contribution is -0.113. The molecule has 0 aliphatic heterocycles. The molecule has 0 spiro atoms. The average molecular weight is 431 g/mol. The van der Waals surface area contributed by atoms with Gasteiger partial charge in [0, 0.05) is 4.88 Å². The molecule has 0 fully saturated rings. The molecule has 2 aromatic carbocycles. The summed E-state index contributed by atoms with van der Waals surface area (Å²) in [5, 5.41) is 2.72. The molecular formula is C20H18N2O5S2. The molecule has 3 N–H and O–H groups in total. The fraction of sp³-hybridized carbons (Fsp3) is 0.100. The van der Waals surface area contributed by atoms with E-state index in [1.54, 1.807) is 6.07 Å². The number of thiophene rings is 1. The van der Waals surface area contributed by atoms with Gasteiger partial charge in [-0.2, -0.15) is 0 Å². The second kappa shape index (κ2) is 8.46. The van der Waals surface area contributed by atoms with Gasteiger partial charge in [-0.25, -0.2) is 8.42 Å². The van der Waals surface area contributed by atoms with E-state index >= 15 is 0 Å². The van der Waals surface area contributed by atoms with E-state index in [1.165, 1.54) is 31.4 Å². The molecule has 0 atom stereocenters. The zero-order chi connectivity index (χ0) is 21.0. The van der Waals surface area contributed by atoms with Crippen molar-refractivity contribution in [2.75, 3.05) is 18.2 Å². The Bertz CT molecular complexity index is 1140. The quantitative estimate of drug-likeness (QED) is 0.598. The molecule has 150 valence electrons. The predicted octanol–water partition coefficient (Wildman–Crippen LogP) is 2.94. The van der Waals surface area contributed by atoms with E-state index < -0.39 is 27.4 Å². The third kappa shape index (κ3) is 4.82. The largest absolute Gasteiger partial charge is 0.497 e. The van der Waals surface area contributed by atoms with Crippen molar-refractivity contribution in [3.63, 3.8) is 0 Å². The topological polar surface area (TPSA) is 116 Å². The van der Waals surface area contributed by atoms with Crippen molar-refractivity contribution in [3.05, 3.63) is 66.2 Å². The standard InChI is InChI=1S/C20H18N2O5S2/c1-27-14-7-9-15(10-8-14)29(25,26)12-18(23)22-20-16(19(21)24)11-17(28-20)13-5-3-2-4-6-13/h2-11H,12H2,1H3,(H2,21,24)(H,22,23). The Morgan fingerprint density at radius 3 is 2.31 bits per heavy atom. The van der Waals surface area contributed by atoms with E-state index in [0.717, 1.165) is 21.8 Å². The van der Waals surface area contributed by atoms with Crippen molar-refractivity contribution in [2.24, 2.45) is 5.73 Å². The van der Waals surface area contributed by atoms with Crippen LogP contribution in [0.3, 0.4) is 0 Å². The lowest BCUT2D eigenvalue weighted by Gasteiger charge is -2.07. The summed E-state index contributed by atoms with van der Waals surface area (Å²) in [7, 11) is -2.39. The minimum absolute atomic E-state index is 0.000251. The van der Waals surface area contributed by atoms with Crippen LogP contribution < -0.4 is 15.8 Å². The molecule has 3 rings (SSSR count). The van der Waals surface area contributed by atoms with Crippen molar-refractivity contribution in [3.8, 4) is 16.2 Å². The molecule has 2 amide bonds. The molecule has 1 aromatic heterocycles. The van der Waals surface area contributed by atoms with Crippen LogP contribution in [0.1, 0.15) is 10.4 Å². The summed E-state index contributed by atoms with van der Waals surface area (Å²) >= 11 is 1.15. The Morgan fingerprint density at radius 2 is 1.72 bits per heavy atom. The van der Waals surface area contributed by atoms with Crippen LogP contribution in [0.4, 0.5) is 5.00 Å². The number of sulfone groups is 1. The van der Waals surface area contributed by atoms with Crippen LogP contribution in [0.5, 0.6) is 5.75 Å². The summed E-state index contributed by atoms with van der Waals surface area (Å²) in [6.07, 6.45) is 0. The van der Waals surface area contributed by atoms with Gasteiger partial charge in [0.05, 0.1) is 17.6 Å². The predicted molar refractivity (Wildman–Crippen MR) is 112 cm³/mol. The maximum Gasteiger partial charge on any atom is 0.251 e. The number of methoxy groups -OCH3 is 1. The van der Waals surface area contributed by atoms with E-state index in [9.17, 15) is 18.0 Å². The van der Waals surface area contributed by atoms with Crippen molar-refractivity contribution in [2.45, 2.75) is 4.90 Å². The van der Waals surface area contributed by atoms with Gasteiger partial charge in [-0.15, -0.1) is 11.3 Å². The summed E-state index contributed by atoms with van der Waals surface area (Å²) in [6, 6.07) is 16.6. The van der Waals surface area contributed by atoms with Crippen LogP contribution in [-0.4, -0.2) is 33.1 Å². The summed E-state index contributed by atoms with van der Waals surface area (Å²) in [5.74, 6) is -1.73. The average Bonchev–Trinajstić information content (AvgIpc) is 3.12. The second-order valence-corrected chi connectivity index (χ2v) is 9.11. The number of carbonyl (C=O) groups excluding carboxylic acids is 2. The van der Waals surface area contributed by atoms with Crippen LogP contribution in [0.25, 0.3) is 10.4 Å². The first-order chi connectivity index (χ1) is 13.8. The Balaban J connectivity index is 1.81. The number of hydrogen-bond acceptors (Lipinski definition) is 6. The minimum Gasteiger partial charge on any atom is -0.497 e. The molecule has 7 nitrogen and oxygen atoms in total. The highest BCUT2D eigenvalue weighted by molar-refractivity contribution is 7.92. The van der Waals surface area contributed by atoms with Gasteiger partial charge in [-0.3, -0.25) is 9.59 Å². The normalized spacial score (nSPS) is 11.1. The molecule has 0 saturated carbocycles. The van der Waals surface area contributed by atoms with Crippen LogP contribution in [0.15, 0.2) is 65.6 Å². The highest BCUT2D eigenvalue weighted by atomic mass is 32.2. The third-order valence-corrected chi connectivity index (χ3v) is 6.78. The molecule has 0 bridgehead atoms. The summed E-state index contributed by atoms with van der Waals surface area (Å²) < 4.78 is 30.0. The highest BCUT2D eigenvalue weighted by Crippen LogP contribution is 2.35. The minimum atomic E-state index is -3.86. The molecule has 29 heavy (non-hydrogen) atoms. The lowest BCUT2D eigenvalue weighted by atomic mass is 10.1. The van der Waals surface area contributed by atoms with E-state index in [2.05, 4.69) is 5.32 Å². The number of nitrogens with two attached hydrogens (primary N) is 1. The Morgan fingerprint density at radius 1 is 1.07 bits per heavy atom. The first-order valence-corrected chi connectivity index (χ1v) is 10.9. The fourth-order valence-electron chi connectivity index (χ4n) is 2.61. The Labute approximate surface area is 172 Å². The van der Waals surface area contributed by atoms with Crippen LogP contribution in [0.2, 0.25) is 0 Å². The van der Waals surface area contributed by atoms with Gasteiger partial charge in [0.1, 0.15) is 16.5 Å². The molecule has 1 heterocycles. The van der Waals surface area contributed by atoms with E-state index in [4.69, 9.17) is 10.5 Å². The summed E-state index contributed by atoms with van der Waals surface area (Å²) in [5.41, 5.74) is 6.40. The second-order valence-electron chi connectivity index (χ2n) is 6.07.